The van der Waals surface area contributed by atoms with Crippen molar-refractivity contribution in [2.75, 3.05) is 13.1 Å². The van der Waals surface area contributed by atoms with Crippen molar-refractivity contribution >= 4 is 5.91 Å². The Bertz CT molecular complexity index is 968. The fraction of sp³-hybridized carbons (Fsp3) is 0.286. The van der Waals surface area contributed by atoms with Crippen LogP contribution in [-0.4, -0.2) is 38.7 Å². The lowest BCUT2D eigenvalue weighted by Gasteiger charge is -2.32. The van der Waals surface area contributed by atoms with Crippen LogP contribution in [0.2, 0.25) is 0 Å². The summed E-state index contributed by atoms with van der Waals surface area (Å²) >= 11 is 0. The lowest BCUT2D eigenvalue weighted by Crippen LogP contribution is -2.40. The Balaban J connectivity index is 1.56. The molecule has 138 valence electrons. The van der Waals surface area contributed by atoms with Gasteiger partial charge in [-0.25, -0.2) is 4.39 Å². The van der Waals surface area contributed by atoms with Crippen LogP contribution >= 0.6 is 0 Å². The summed E-state index contributed by atoms with van der Waals surface area (Å²) in [5, 5.41) is 4.09. The van der Waals surface area contributed by atoms with Crippen LogP contribution in [0.5, 0.6) is 0 Å². The van der Waals surface area contributed by atoms with E-state index >= 15 is 0 Å². The summed E-state index contributed by atoms with van der Waals surface area (Å²) in [5.74, 6) is -0.101. The molecule has 1 atom stereocenters. The Morgan fingerprint density at radius 1 is 1.19 bits per heavy atom. The van der Waals surface area contributed by atoms with Crippen LogP contribution in [0.1, 0.15) is 34.9 Å². The first-order valence-corrected chi connectivity index (χ1v) is 9.12. The van der Waals surface area contributed by atoms with Gasteiger partial charge in [-0.15, -0.1) is 0 Å². The van der Waals surface area contributed by atoms with Crippen LogP contribution in [0.4, 0.5) is 4.39 Å². The average Bonchev–Trinajstić information content (AvgIpc) is 3.13. The van der Waals surface area contributed by atoms with E-state index in [2.05, 4.69) is 5.10 Å². The van der Waals surface area contributed by atoms with E-state index < -0.39 is 0 Å². The zero-order valence-corrected chi connectivity index (χ0v) is 15.2. The normalized spacial score (nSPS) is 17.1. The lowest BCUT2D eigenvalue weighted by atomic mass is 9.93. The molecule has 3 aromatic rings. The summed E-state index contributed by atoms with van der Waals surface area (Å²) in [6, 6.07) is 14.0. The number of aryl methyl sites for hydroxylation is 1. The minimum absolute atomic E-state index is 0.000912. The first-order valence-electron chi connectivity index (χ1n) is 9.12. The maximum absolute atomic E-state index is 13.5. The molecule has 1 amide bonds. The van der Waals surface area contributed by atoms with Gasteiger partial charge in [-0.05, 0) is 43.2 Å². The average molecular weight is 364 g/mol. The lowest BCUT2D eigenvalue weighted by molar-refractivity contribution is 0.0694. The number of likely N-dealkylation sites (tertiary alicyclic amines) is 1. The number of amides is 1. The van der Waals surface area contributed by atoms with Crippen molar-refractivity contribution in [3.8, 4) is 11.3 Å². The van der Waals surface area contributed by atoms with Gasteiger partial charge in [-0.3, -0.25) is 14.5 Å². The van der Waals surface area contributed by atoms with Gasteiger partial charge < -0.3 is 4.90 Å². The fourth-order valence-corrected chi connectivity index (χ4v) is 3.64. The van der Waals surface area contributed by atoms with Gasteiger partial charge in [0.05, 0.1) is 5.69 Å². The molecule has 1 aliphatic rings. The summed E-state index contributed by atoms with van der Waals surface area (Å²) in [4.78, 5) is 19.4. The molecule has 0 radical (unpaired) electrons. The predicted octanol–water partition coefficient (Wildman–Crippen LogP) is 3.64. The fourth-order valence-electron chi connectivity index (χ4n) is 3.64. The van der Waals surface area contributed by atoms with Gasteiger partial charge in [0, 0.05) is 43.5 Å². The number of carbonyl (C=O) groups is 1. The van der Waals surface area contributed by atoms with Crippen LogP contribution in [0.3, 0.4) is 0 Å². The molecule has 0 aliphatic carbocycles. The van der Waals surface area contributed by atoms with E-state index in [1.807, 2.05) is 29.2 Å². The predicted molar refractivity (Wildman–Crippen MR) is 101 cm³/mol. The number of hydrogen-bond donors (Lipinski definition) is 0. The van der Waals surface area contributed by atoms with Crippen molar-refractivity contribution < 1.29 is 9.18 Å². The van der Waals surface area contributed by atoms with E-state index in [0.29, 0.717) is 12.2 Å². The molecule has 1 saturated heterocycles. The van der Waals surface area contributed by atoms with E-state index in [-0.39, 0.29) is 17.6 Å². The van der Waals surface area contributed by atoms with Gasteiger partial charge in [-0.1, -0.05) is 18.2 Å². The molecule has 1 fully saturated rings. The number of hydrogen-bond acceptors (Lipinski definition) is 3. The first-order chi connectivity index (χ1) is 13.1. The minimum Gasteiger partial charge on any atom is -0.337 e. The largest absolute Gasteiger partial charge is 0.337 e. The van der Waals surface area contributed by atoms with Crippen LogP contribution < -0.4 is 0 Å². The minimum atomic E-state index is -0.273. The van der Waals surface area contributed by atoms with Crippen molar-refractivity contribution in [1.29, 1.82) is 0 Å². The molecule has 0 spiro atoms. The summed E-state index contributed by atoms with van der Waals surface area (Å²) in [5.41, 5.74) is 3.05. The third kappa shape index (κ3) is 3.60. The highest BCUT2D eigenvalue weighted by molar-refractivity contribution is 5.92. The van der Waals surface area contributed by atoms with Crippen molar-refractivity contribution in [2.24, 2.45) is 7.05 Å². The third-order valence-electron chi connectivity index (χ3n) is 5.06. The van der Waals surface area contributed by atoms with Gasteiger partial charge in [0.15, 0.2) is 0 Å². The molecule has 2 aromatic heterocycles. The number of rotatable bonds is 3. The quantitative estimate of drug-likeness (QED) is 0.713. The molecule has 1 aromatic carbocycles. The molecule has 3 heterocycles. The van der Waals surface area contributed by atoms with E-state index in [4.69, 9.17) is 4.98 Å². The Labute approximate surface area is 157 Å². The molecule has 4 rings (SSSR count). The van der Waals surface area contributed by atoms with Crippen LogP contribution in [-0.2, 0) is 7.05 Å². The van der Waals surface area contributed by atoms with Crippen molar-refractivity contribution in [3.05, 3.63) is 71.9 Å². The van der Waals surface area contributed by atoms with E-state index in [1.54, 1.807) is 30.1 Å². The summed E-state index contributed by atoms with van der Waals surface area (Å²) in [6.45, 7) is 1.37. The molecule has 1 aliphatic heterocycles. The summed E-state index contributed by atoms with van der Waals surface area (Å²) in [7, 11) is 1.78. The number of halogens is 1. The molecular weight excluding hydrogens is 343 g/mol. The number of aromatic nitrogens is 3. The number of carbonyl (C=O) groups excluding carboxylic acids is 1. The molecule has 0 saturated carbocycles. The molecule has 1 unspecified atom stereocenters. The SMILES string of the molecule is Cn1nccc1C(=O)N1CCCC(c2cccc(-c3cccc(F)c3)n2)C1. The van der Waals surface area contributed by atoms with E-state index in [9.17, 15) is 9.18 Å². The zero-order chi connectivity index (χ0) is 18.8. The number of nitrogens with zero attached hydrogens (tertiary/aromatic N) is 4. The van der Waals surface area contributed by atoms with E-state index in [1.165, 1.54) is 12.1 Å². The molecule has 27 heavy (non-hydrogen) atoms. The van der Waals surface area contributed by atoms with Crippen molar-refractivity contribution in [2.45, 2.75) is 18.8 Å². The number of pyridine rings is 1. The Kier molecular flexibility index (Phi) is 4.71. The topological polar surface area (TPSA) is 51.0 Å². The van der Waals surface area contributed by atoms with Gasteiger partial charge in [-0.2, -0.15) is 5.10 Å². The highest BCUT2D eigenvalue weighted by Crippen LogP contribution is 2.28. The molecule has 5 nitrogen and oxygen atoms in total. The highest BCUT2D eigenvalue weighted by atomic mass is 19.1. The maximum atomic E-state index is 13.5. The second-order valence-corrected chi connectivity index (χ2v) is 6.89. The number of piperidine rings is 1. The Morgan fingerprint density at radius 3 is 2.81 bits per heavy atom. The monoisotopic (exact) mass is 364 g/mol. The second-order valence-electron chi connectivity index (χ2n) is 6.89. The first kappa shape index (κ1) is 17.4. The summed E-state index contributed by atoms with van der Waals surface area (Å²) in [6.07, 6.45) is 3.55. The van der Waals surface area contributed by atoms with E-state index in [0.717, 1.165) is 36.3 Å². The highest BCUT2D eigenvalue weighted by Gasteiger charge is 2.27. The third-order valence-corrected chi connectivity index (χ3v) is 5.06. The summed E-state index contributed by atoms with van der Waals surface area (Å²) < 4.78 is 15.1. The molecule has 0 N–H and O–H groups in total. The van der Waals surface area contributed by atoms with Crippen molar-refractivity contribution in [1.82, 2.24) is 19.7 Å². The van der Waals surface area contributed by atoms with Crippen LogP contribution in [0, 0.1) is 5.82 Å². The zero-order valence-electron chi connectivity index (χ0n) is 15.2. The Hall–Kier alpha value is -3.02. The van der Waals surface area contributed by atoms with Gasteiger partial charge in [0.1, 0.15) is 11.5 Å². The molecule has 6 heteroatoms. The van der Waals surface area contributed by atoms with Gasteiger partial charge >= 0.3 is 0 Å². The Morgan fingerprint density at radius 2 is 2.04 bits per heavy atom. The van der Waals surface area contributed by atoms with Crippen LogP contribution in [0.15, 0.2) is 54.7 Å². The van der Waals surface area contributed by atoms with Crippen molar-refractivity contribution in [3.63, 3.8) is 0 Å². The molecule has 0 bridgehead atoms. The molecular formula is C21H21FN4O. The van der Waals surface area contributed by atoms with Crippen LogP contribution in [0.25, 0.3) is 11.3 Å². The second kappa shape index (κ2) is 7.31. The standard InChI is InChI=1S/C21H21FN4O/c1-25-20(10-11-23-25)21(27)26-12-4-6-16(14-26)19-9-3-8-18(24-19)15-5-2-7-17(22)13-15/h2-3,5,7-11,13,16H,4,6,12,14H2,1H3. The smallest absolute Gasteiger partial charge is 0.272 e. The maximum Gasteiger partial charge on any atom is 0.272 e. The number of benzene rings is 1. The van der Waals surface area contributed by atoms with Gasteiger partial charge in [0.25, 0.3) is 5.91 Å². The van der Waals surface area contributed by atoms with Gasteiger partial charge in [0.2, 0.25) is 0 Å².